The minimum absolute atomic E-state index is 0.0752. The maximum absolute atomic E-state index is 11.1. The number of allylic oxidation sites excluding steroid dienone is 4. The van der Waals surface area contributed by atoms with E-state index in [1.807, 2.05) is 0 Å². The van der Waals surface area contributed by atoms with Crippen LogP contribution in [0, 0.1) is 0 Å². The van der Waals surface area contributed by atoms with E-state index in [0.29, 0.717) is 5.57 Å². The van der Waals surface area contributed by atoms with E-state index in [0.717, 1.165) is 0 Å². The Morgan fingerprint density at radius 3 is 2.79 bits per heavy atom. The summed E-state index contributed by atoms with van der Waals surface area (Å²) in [7, 11) is 0. The number of ketones is 1. The zero-order chi connectivity index (χ0) is 10.6. The molecule has 0 aromatic carbocycles. The average Bonchev–Trinajstić information content (AvgIpc) is 2.14. The molecule has 74 valence electrons. The van der Waals surface area contributed by atoms with Crippen molar-refractivity contribution in [3.05, 3.63) is 23.8 Å². The molecular weight excluding hydrogens is 186 g/mol. The average molecular weight is 195 g/mol. The summed E-state index contributed by atoms with van der Waals surface area (Å²) in [4.78, 5) is 21.4. The number of nitrogens with zero attached hydrogens (tertiary/aromatic N) is 1. The first-order valence-electron chi connectivity index (χ1n) is 4.01. The van der Waals surface area contributed by atoms with Gasteiger partial charge in [0.25, 0.3) is 0 Å². The quantitative estimate of drug-likeness (QED) is 0.395. The Labute approximate surface area is 80.0 Å². The summed E-state index contributed by atoms with van der Waals surface area (Å²) < 4.78 is 0. The van der Waals surface area contributed by atoms with E-state index in [9.17, 15) is 9.59 Å². The van der Waals surface area contributed by atoms with E-state index in [1.165, 1.54) is 12.2 Å². The van der Waals surface area contributed by atoms with Crippen molar-refractivity contribution in [1.82, 2.24) is 0 Å². The van der Waals surface area contributed by atoms with E-state index in [2.05, 4.69) is 5.16 Å². The van der Waals surface area contributed by atoms with Gasteiger partial charge in [-0.15, -0.1) is 0 Å². The predicted octanol–water partition coefficient (Wildman–Crippen LogP) is 0.747. The molecular formula is C9H9NO4. The normalized spacial score (nSPS) is 18.4. The molecule has 2 N–H and O–H groups in total. The van der Waals surface area contributed by atoms with Crippen molar-refractivity contribution in [2.45, 2.75) is 12.8 Å². The summed E-state index contributed by atoms with van der Waals surface area (Å²) in [6.07, 6.45) is 4.43. The molecule has 0 radical (unpaired) electrons. The van der Waals surface area contributed by atoms with Crippen molar-refractivity contribution >= 4 is 17.5 Å². The van der Waals surface area contributed by atoms with Gasteiger partial charge in [-0.1, -0.05) is 17.3 Å². The van der Waals surface area contributed by atoms with E-state index in [4.69, 9.17) is 10.3 Å². The topological polar surface area (TPSA) is 87.0 Å². The smallest absolute Gasteiger partial charge is 0.303 e. The minimum Gasteiger partial charge on any atom is -0.481 e. The van der Waals surface area contributed by atoms with Crippen LogP contribution in [0.2, 0.25) is 0 Å². The lowest BCUT2D eigenvalue weighted by atomic mass is 9.97. The largest absolute Gasteiger partial charge is 0.481 e. The fraction of sp³-hybridized carbons (Fsp3) is 0.222. The molecule has 0 atom stereocenters. The fourth-order valence-electron chi connectivity index (χ4n) is 1.12. The molecule has 0 unspecified atom stereocenters. The molecule has 1 rings (SSSR count). The molecule has 0 bridgehead atoms. The Kier molecular flexibility index (Phi) is 3.17. The monoisotopic (exact) mass is 195 g/mol. The highest BCUT2D eigenvalue weighted by Gasteiger charge is 2.17. The molecule has 14 heavy (non-hydrogen) atoms. The second-order valence-corrected chi connectivity index (χ2v) is 2.76. The highest BCUT2D eigenvalue weighted by atomic mass is 16.4. The number of rotatable bonds is 3. The third-order valence-corrected chi connectivity index (χ3v) is 1.79. The van der Waals surface area contributed by atoms with Crippen LogP contribution in [0.25, 0.3) is 0 Å². The van der Waals surface area contributed by atoms with Crippen LogP contribution < -0.4 is 0 Å². The molecule has 0 saturated carbocycles. The Morgan fingerprint density at radius 2 is 2.21 bits per heavy atom. The molecule has 0 heterocycles. The Bertz CT molecular complexity index is 352. The van der Waals surface area contributed by atoms with Crippen LogP contribution in [0.5, 0.6) is 0 Å². The van der Waals surface area contributed by atoms with Crippen molar-refractivity contribution in [1.29, 1.82) is 0 Å². The van der Waals surface area contributed by atoms with Crippen LogP contribution in [-0.4, -0.2) is 27.8 Å². The lowest BCUT2D eigenvalue weighted by Crippen LogP contribution is -2.17. The zero-order valence-corrected chi connectivity index (χ0v) is 7.30. The van der Waals surface area contributed by atoms with Gasteiger partial charge in [-0.2, -0.15) is 0 Å². The number of hydrogen-bond acceptors (Lipinski definition) is 4. The van der Waals surface area contributed by atoms with Crippen LogP contribution in [0.3, 0.4) is 0 Å². The summed E-state index contributed by atoms with van der Waals surface area (Å²) in [5.74, 6) is -1.36. The Balaban J connectivity index is 2.76. The van der Waals surface area contributed by atoms with Crippen molar-refractivity contribution in [3.63, 3.8) is 0 Å². The third-order valence-electron chi connectivity index (χ3n) is 1.79. The van der Waals surface area contributed by atoms with E-state index in [1.54, 1.807) is 6.08 Å². The standard InChI is InChI=1S/C9H9NO4/c11-7-3-1-2-6(9(7)10-14)4-5-8(12)13/h1-3,14H,4-5H2,(H,12,13). The number of carbonyl (C=O) groups excluding carboxylic acids is 1. The Morgan fingerprint density at radius 1 is 1.50 bits per heavy atom. The predicted molar refractivity (Wildman–Crippen MR) is 48.3 cm³/mol. The van der Waals surface area contributed by atoms with Gasteiger partial charge in [0.15, 0.2) is 5.71 Å². The van der Waals surface area contributed by atoms with Gasteiger partial charge >= 0.3 is 5.97 Å². The lowest BCUT2D eigenvalue weighted by Gasteiger charge is -2.07. The molecule has 5 nitrogen and oxygen atoms in total. The van der Waals surface area contributed by atoms with Gasteiger partial charge in [0, 0.05) is 6.42 Å². The van der Waals surface area contributed by atoms with Crippen molar-refractivity contribution in [3.8, 4) is 0 Å². The number of hydrogen-bond donors (Lipinski definition) is 2. The molecule has 0 saturated heterocycles. The lowest BCUT2D eigenvalue weighted by molar-refractivity contribution is -0.137. The van der Waals surface area contributed by atoms with Gasteiger partial charge in [-0.3, -0.25) is 9.59 Å². The molecule has 1 aliphatic rings. The first kappa shape index (κ1) is 10.2. The fourth-order valence-corrected chi connectivity index (χ4v) is 1.12. The van der Waals surface area contributed by atoms with Gasteiger partial charge in [0.2, 0.25) is 5.78 Å². The number of aliphatic carboxylic acids is 1. The summed E-state index contributed by atoms with van der Waals surface area (Å²) >= 11 is 0. The molecule has 0 aliphatic heterocycles. The van der Waals surface area contributed by atoms with Crippen LogP contribution in [0.15, 0.2) is 29.0 Å². The maximum Gasteiger partial charge on any atom is 0.303 e. The van der Waals surface area contributed by atoms with Crippen LogP contribution in [0.1, 0.15) is 12.8 Å². The number of oxime groups is 1. The highest BCUT2D eigenvalue weighted by Crippen LogP contribution is 2.13. The molecule has 0 amide bonds. The van der Waals surface area contributed by atoms with Crippen molar-refractivity contribution in [2.75, 3.05) is 0 Å². The summed E-state index contributed by atoms with van der Waals surface area (Å²) in [5, 5.41) is 19.8. The van der Waals surface area contributed by atoms with Crippen LogP contribution in [0.4, 0.5) is 0 Å². The molecule has 5 heteroatoms. The first-order chi connectivity index (χ1) is 6.65. The van der Waals surface area contributed by atoms with E-state index in [-0.39, 0.29) is 18.6 Å². The van der Waals surface area contributed by atoms with Gasteiger partial charge in [0.05, 0.1) is 0 Å². The van der Waals surface area contributed by atoms with Gasteiger partial charge in [-0.05, 0) is 18.1 Å². The second kappa shape index (κ2) is 4.36. The molecule has 0 aromatic rings. The molecule has 0 aromatic heterocycles. The van der Waals surface area contributed by atoms with Crippen LogP contribution in [-0.2, 0) is 9.59 Å². The molecule has 0 fully saturated rings. The number of carboxylic acids is 1. The zero-order valence-electron chi connectivity index (χ0n) is 7.30. The van der Waals surface area contributed by atoms with Gasteiger partial charge in [0.1, 0.15) is 0 Å². The van der Waals surface area contributed by atoms with Crippen LogP contribution >= 0.6 is 0 Å². The summed E-state index contributed by atoms with van der Waals surface area (Å²) in [6.45, 7) is 0. The van der Waals surface area contributed by atoms with Crippen molar-refractivity contribution in [2.24, 2.45) is 5.16 Å². The SMILES string of the molecule is O=C(O)CCC1=CC=CC(=O)C1=NO. The van der Waals surface area contributed by atoms with E-state index >= 15 is 0 Å². The molecule has 1 aliphatic carbocycles. The summed E-state index contributed by atoms with van der Waals surface area (Å²) in [5.41, 5.74) is 0.371. The number of carbonyl (C=O) groups is 2. The summed E-state index contributed by atoms with van der Waals surface area (Å²) in [6, 6.07) is 0. The molecule has 0 spiro atoms. The van der Waals surface area contributed by atoms with Gasteiger partial charge < -0.3 is 10.3 Å². The van der Waals surface area contributed by atoms with E-state index < -0.39 is 11.8 Å². The van der Waals surface area contributed by atoms with Gasteiger partial charge in [-0.25, -0.2) is 0 Å². The Hall–Kier alpha value is -1.91. The highest BCUT2D eigenvalue weighted by molar-refractivity contribution is 6.50. The third kappa shape index (κ3) is 2.29. The first-order valence-corrected chi connectivity index (χ1v) is 4.01. The van der Waals surface area contributed by atoms with Crippen molar-refractivity contribution < 1.29 is 19.9 Å². The minimum atomic E-state index is -0.954. The number of carboxylic acid groups (broad SMARTS) is 1. The maximum atomic E-state index is 11.1. The second-order valence-electron chi connectivity index (χ2n) is 2.76.